The van der Waals surface area contributed by atoms with Crippen molar-refractivity contribution in [3.8, 4) is 0 Å². The van der Waals surface area contributed by atoms with Crippen LogP contribution in [0.1, 0.15) is 6.42 Å². The molecule has 1 fully saturated rings. The molecular weight excluding hydrogens is 160 g/mol. The largest absolute Gasteiger partial charge is 0.304 e. The van der Waals surface area contributed by atoms with Crippen LogP contribution in [0.4, 0.5) is 0 Å². The highest BCUT2D eigenvalue weighted by atomic mass is 35.5. The van der Waals surface area contributed by atoms with E-state index in [1.807, 2.05) is 0 Å². The Labute approximate surface area is 74.1 Å². The second-order valence-corrected chi connectivity index (χ2v) is 3.75. The predicted molar refractivity (Wildman–Crippen MR) is 49.3 cm³/mol. The third kappa shape index (κ3) is 2.62. The number of hydrogen-bond donors (Lipinski definition) is 0. The van der Waals surface area contributed by atoms with Crippen molar-refractivity contribution >= 4 is 11.6 Å². The van der Waals surface area contributed by atoms with Gasteiger partial charge < -0.3 is 9.80 Å². The van der Waals surface area contributed by atoms with Gasteiger partial charge in [-0.1, -0.05) is 0 Å². The van der Waals surface area contributed by atoms with Gasteiger partial charge in [0.05, 0.1) is 0 Å². The minimum absolute atomic E-state index is 0.672. The molecule has 0 bridgehead atoms. The molecule has 1 unspecified atom stereocenters. The summed E-state index contributed by atoms with van der Waals surface area (Å²) in [7, 11) is 4.36. The summed E-state index contributed by atoms with van der Waals surface area (Å²) in [5, 5.41) is 0. The average Bonchev–Trinajstić information content (AvgIpc) is 1.98. The maximum Gasteiger partial charge on any atom is 0.0238 e. The molecule has 2 nitrogen and oxygen atoms in total. The van der Waals surface area contributed by atoms with Gasteiger partial charge in [0.1, 0.15) is 0 Å². The van der Waals surface area contributed by atoms with Crippen molar-refractivity contribution in [1.29, 1.82) is 0 Å². The van der Waals surface area contributed by atoms with Crippen LogP contribution in [0.25, 0.3) is 0 Å². The van der Waals surface area contributed by atoms with Crippen LogP contribution in [-0.2, 0) is 0 Å². The van der Waals surface area contributed by atoms with E-state index in [1.165, 1.54) is 19.6 Å². The minimum Gasteiger partial charge on any atom is -0.304 e. The number of nitrogens with zero attached hydrogens (tertiary/aromatic N) is 2. The monoisotopic (exact) mass is 176 g/mol. The summed E-state index contributed by atoms with van der Waals surface area (Å²) in [6.45, 7) is 3.54. The number of halogens is 1. The Morgan fingerprint density at radius 2 is 2.09 bits per heavy atom. The molecule has 11 heavy (non-hydrogen) atoms. The van der Waals surface area contributed by atoms with E-state index in [0.29, 0.717) is 6.04 Å². The van der Waals surface area contributed by atoms with Gasteiger partial charge in [-0.25, -0.2) is 0 Å². The first-order chi connectivity index (χ1) is 5.24. The number of piperazine rings is 1. The van der Waals surface area contributed by atoms with Gasteiger partial charge in [0.15, 0.2) is 0 Å². The Bertz CT molecular complexity index is 119. The van der Waals surface area contributed by atoms with Crippen LogP contribution in [0.15, 0.2) is 0 Å². The summed E-state index contributed by atoms with van der Waals surface area (Å²) in [5.74, 6) is 0.781. The molecule has 0 aromatic carbocycles. The number of rotatable bonds is 2. The van der Waals surface area contributed by atoms with Gasteiger partial charge in [-0.2, -0.15) is 0 Å². The van der Waals surface area contributed by atoms with Crippen molar-refractivity contribution in [3.05, 3.63) is 0 Å². The van der Waals surface area contributed by atoms with Crippen molar-refractivity contribution in [3.63, 3.8) is 0 Å². The molecule has 1 rings (SSSR count). The second-order valence-electron chi connectivity index (χ2n) is 3.37. The summed E-state index contributed by atoms with van der Waals surface area (Å²) < 4.78 is 0. The van der Waals surface area contributed by atoms with Crippen LogP contribution < -0.4 is 0 Å². The SMILES string of the molecule is CN1CCN(C)C(CCCl)C1. The molecule has 0 N–H and O–H groups in total. The Balaban J connectivity index is 2.34. The molecular formula is C8H17ClN2. The molecule has 0 amide bonds. The summed E-state index contributed by atoms with van der Waals surface area (Å²) in [6, 6.07) is 0.672. The lowest BCUT2D eigenvalue weighted by molar-refractivity contribution is 0.112. The van der Waals surface area contributed by atoms with Crippen LogP contribution in [-0.4, -0.2) is 55.5 Å². The molecule has 1 aliphatic rings. The fraction of sp³-hybridized carbons (Fsp3) is 1.00. The van der Waals surface area contributed by atoms with Gasteiger partial charge in [-0.3, -0.25) is 0 Å². The molecule has 1 atom stereocenters. The third-order valence-electron chi connectivity index (χ3n) is 2.42. The molecule has 1 saturated heterocycles. The van der Waals surface area contributed by atoms with Crippen LogP contribution >= 0.6 is 11.6 Å². The highest BCUT2D eigenvalue weighted by molar-refractivity contribution is 6.17. The summed E-state index contributed by atoms with van der Waals surface area (Å²) in [6.07, 6.45) is 1.11. The third-order valence-corrected chi connectivity index (χ3v) is 2.64. The maximum atomic E-state index is 5.70. The van der Waals surface area contributed by atoms with Gasteiger partial charge in [0.2, 0.25) is 0 Å². The lowest BCUT2D eigenvalue weighted by atomic mass is 10.1. The lowest BCUT2D eigenvalue weighted by Gasteiger charge is -2.37. The van der Waals surface area contributed by atoms with Crippen LogP contribution in [0.5, 0.6) is 0 Å². The zero-order valence-electron chi connectivity index (χ0n) is 7.39. The van der Waals surface area contributed by atoms with E-state index in [2.05, 4.69) is 23.9 Å². The molecule has 0 spiro atoms. The van der Waals surface area contributed by atoms with E-state index in [-0.39, 0.29) is 0 Å². The summed E-state index contributed by atoms with van der Waals surface area (Å²) >= 11 is 5.70. The fourth-order valence-electron chi connectivity index (χ4n) is 1.54. The van der Waals surface area contributed by atoms with E-state index < -0.39 is 0 Å². The normalized spacial score (nSPS) is 29.2. The lowest BCUT2D eigenvalue weighted by Crippen LogP contribution is -2.49. The van der Waals surface area contributed by atoms with Crippen LogP contribution in [0.2, 0.25) is 0 Å². The summed E-state index contributed by atoms with van der Waals surface area (Å²) in [4.78, 5) is 4.78. The Hall–Kier alpha value is 0.210. The van der Waals surface area contributed by atoms with E-state index in [0.717, 1.165) is 12.3 Å². The van der Waals surface area contributed by atoms with Crippen LogP contribution in [0, 0.1) is 0 Å². The van der Waals surface area contributed by atoms with Gasteiger partial charge in [-0.05, 0) is 20.5 Å². The van der Waals surface area contributed by atoms with E-state index >= 15 is 0 Å². The van der Waals surface area contributed by atoms with E-state index in [1.54, 1.807) is 0 Å². The first-order valence-corrected chi connectivity index (χ1v) is 4.72. The topological polar surface area (TPSA) is 6.48 Å². The fourth-order valence-corrected chi connectivity index (χ4v) is 1.79. The Kier molecular flexibility index (Phi) is 3.63. The average molecular weight is 177 g/mol. The van der Waals surface area contributed by atoms with Gasteiger partial charge >= 0.3 is 0 Å². The number of alkyl halides is 1. The molecule has 0 aliphatic carbocycles. The summed E-state index contributed by atoms with van der Waals surface area (Å²) in [5.41, 5.74) is 0. The van der Waals surface area contributed by atoms with Crippen molar-refractivity contribution in [1.82, 2.24) is 9.80 Å². The minimum atomic E-state index is 0.672. The molecule has 0 aromatic heterocycles. The van der Waals surface area contributed by atoms with Crippen LogP contribution in [0.3, 0.4) is 0 Å². The van der Waals surface area contributed by atoms with Crippen molar-refractivity contribution in [2.24, 2.45) is 0 Å². The maximum absolute atomic E-state index is 5.70. The second kappa shape index (κ2) is 4.29. The van der Waals surface area contributed by atoms with Gasteiger partial charge in [0.25, 0.3) is 0 Å². The standard InChI is InChI=1S/C8H17ClN2/c1-10-5-6-11(2)8(7-10)3-4-9/h8H,3-7H2,1-2H3. The zero-order valence-corrected chi connectivity index (χ0v) is 8.14. The highest BCUT2D eigenvalue weighted by Crippen LogP contribution is 2.09. The Morgan fingerprint density at radius 1 is 1.36 bits per heavy atom. The van der Waals surface area contributed by atoms with Crippen molar-refractivity contribution < 1.29 is 0 Å². The van der Waals surface area contributed by atoms with Gasteiger partial charge in [-0.15, -0.1) is 11.6 Å². The number of likely N-dealkylation sites (N-methyl/N-ethyl adjacent to an activating group) is 2. The molecule has 1 heterocycles. The van der Waals surface area contributed by atoms with Crippen molar-refractivity contribution in [2.75, 3.05) is 39.6 Å². The van der Waals surface area contributed by atoms with Gasteiger partial charge in [0, 0.05) is 31.6 Å². The first-order valence-electron chi connectivity index (χ1n) is 4.19. The quantitative estimate of drug-likeness (QED) is 0.576. The first kappa shape index (κ1) is 9.30. The molecule has 66 valence electrons. The molecule has 0 aromatic rings. The smallest absolute Gasteiger partial charge is 0.0238 e. The zero-order chi connectivity index (χ0) is 8.27. The van der Waals surface area contributed by atoms with Crippen molar-refractivity contribution in [2.45, 2.75) is 12.5 Å². The highest BCUT2D eigenvalue weighted by Gasteiger charge is 2.20. The number of hydrogen-bond acceptors (Lipinski definition) is 2. The molecule has 0 saturated carbocycles. The Morgan fingerprint density at radius 3 is 2.73 bits per heavy atom. The van der Waals surface area contributed by atoms with E-state index in [4.69, 9.17) is 11.6 Å². The molecule has 3 heteroatoms. The molecule has 0 radical (unpaired) electrons. The van der Waals surface area contributed by atoms with E-state index in [9.17, 15) is 0 Å². The predicted octanol–water partition coefficient (Wildman–Crippen LogP) is 0.861. The molecule has 1 aliphatic heterocycles.